The number of nitrogens with zero attached hydrogens (tertiary/aromatic N) is 1. The quantitative estimate of drug-likeness (QED) is 0.735. The Kier molecular flexibility index (Phi) is 6.86. The molecule has 0 aliphatic carbocycles. The summed E-state index contributed by atoms with van der Waals surface area (Å²) >= 11 is 3.36. The van der Waals surface area contributed by atoms with Crippen molar-refractivity contribution in [1.29, 1.82) is 0 Å². The van der Waals surface area contributed by atoms with E-state index in [9.17, 15) is 9.90 Å². The van der Waals surface area contributed by atoms with Gasteiger partial charge >= 0.3 is 0 Å². The molecule has 0 fully saturated rings. The maximum absolute atomic E-state index is 12.0. The summed E-state index contributed by atoms with van der Waals surface area (Å²) in [5, 5.41) is 9.82. The average Bonchev–Trinajstić information content (AvgIpc) is 2.36. The first-order chi connectivity index (χ1) is 9.31. The van der Waals surface area contributed by atoms with Crippen LogP contribution in [0.2, 0.25) is 0 Å². The van der Waals surface area contributed by atoms with Crippen LogP contribution in [0.3, 0.4) is 0 Å². The van der Waals surface area contributed by atoms with Crippen LogP contribution in [-0.2, 0) is 0 Å². The highest BCUT2D eigenvalue weighted by Gasteiger charge is 2.17. The highest BCUT2D eigenvalue weighted by molar-refractivity contribution is 9.10. The number of rotatable bonds is 8. The normalized spacial score (nSPS) is 11.9. The van der Waals surface area contributed by atoms with Gasteiger partial charge in [-0.05, 0) is 45.5 Å². The molecule has 0 aliphatic heterocycles. The number of Topliss-reactive ketones (excluding diaryl/α,β-unsaturated/α-hetero) is 1. The van der Waals surface area contributed by atoms with E-state index in [4.69, 9.17) is 0 Å². The van der Waals surface area contributed by atoms with Crippen LogP contribution in [0.5, 0.6) is 0 Å². The second-order valence-corrected chi connectivity index (χ2v) is 6.63. The number of likely N-dealkylation sites (N-methyl/N-ethyl adjacent to an activating group) is 1. The van der Waals surface area contributed by atoms with E-state index in [0.29, 0.717) is 13.0 Å². The molecule has 0 saturated carbocycles. The monoisotopic (exact) mass is 341 g/mol. The standard InChI is InChI=1S/C16H24BrNO2/c1-4-18(12-16(2,3)20)11-5-6-15(19)13-7-9-14(17)10-8-13/h7-10,20H,4-6,11-12H2,1-3H3. The van der Waals surface area contributed by atoms with Crippen molar-refractivity contribution in [1.82, 2.24) is 4.90 Å². The zero-order chi connectivity index (χ0) is 15.2. The summed E-state index contributed by atoms with van der Waals surface area (Å²) < 4.78 is 0.983. The van der Waals surface area contributed by atoms with Gasteiger partial charge in [-0.1, -0.05) is 35.0 Å². The van der Waals surface area contributed by atoms with Crippen LogP contribution in [0.25, 0.3) is 0 Å². The van der Waals surface area contributed by atoms with Crippen molar-refractivity contribution in [2.24, 2.45) is 0 Å². The van der Waals surface area contributed by atoms with E-state index < -0.39 is 5.60 Å². The van der Waals surface area contributed by atoms with Crippen molar-refractivity contribution in [2.75, 3.05) is 19.6 Å². The summed E-state index contributed by atoms with van der Waals surface area (Å²) in [5.41, 5.74) is 0.0740. The van der Waals surface area contributed by atoms with Crippen LogP contribution < -0.4 is 0 Å². The molecule has 0 spiro atoms. The lowest BCUT2D eigenvalue weighted by Crippen LogP contribution is -2.39. The summed E-state index contributed by atoms with van der Waals surface area (Å²) in [6.45, 7) is 8.04. The second-order valence-electron chi connectivity index (χ2n) is 5.71. The summed E-state index contributed by atoms with van der Waals surface area (Å²) in [7, 11) is 0. The van der Waals surface area contributed by atoms with Gasteiger partial charge in [0, 0.05) is 23.0 Å². The molecule has 0 aliphatic rings. The molecule has 112 valence electrons. The Labute approximate surface area is 130 Å². The van der Waals surface area contributed by atoms with Gasteiger partial charge in [-0.15, -0.1) is 0 Å². The predicted octanol–water partition coefficient (Wildman–Crippen LogP) is 3.50. The Bertz CT molecular complexity index is 423. The van der Waals surface area contributed by atoms with Gasteiger partial charge in [-0.3, -0.25) is 4.79 Å². The fourth-order valence-electron chi connectivity index (χ4n) is 2.14. The van der Waals surface area contributed by atoms with Crippen molar-refractivity contribution in [3.8, 4) is 0 Å². The Hall–Kier alpha value is -0.710. The Morgan fingerprint density at radius 1 is 1.30 bits per heavy atom. The van der Waals surface area contributed by atoms with Gasteiger partial charge in [0.2, 0.25) is 0 Å². The summed E-state index contributed by atoms with van der Waals surface area (Å²) in [4.78, 5) is 14.2. The molecule has 1 N–H and O–H groups in total. The smallest absolute Gasteiger partial charge is 0.162 e. The lowest BCUT2D eigenvalue weighted by atomic mass is 10.1. The Morgan fingerprint density at radius 2 is 1.90 bits per heavy atom. The topological polar surface area (TPSA) is 40.5 Å². The molecule has 0 aromatic heterocycles. The first-order valence-electron chi connectivity index (χ1n) is 7.05. The maximum Gasteiger partial charge on any atom is 0.162 e. The van der Waals surface area contributed by atoms with Crippen LogP contribution in [-0.4, -0.2) is 41.0 Å². The highest BCUT2D eigenvalue weighted by atomic mass is 79.9. The third-order valence-electron chi connectivity index (χ3n) is 3.10. The largest absolute Gasteiger partial charge is 0.389 e. The third-order valence-corrected chi connectivity index (χ3v) is 3.63. The Morgan fingerprint density at radius 3 is 2.40 bits per heavy atom. The fraction of sp³-hybridized carbons (Fsp3) is 0.562. The van der Waals surface area contributed by atoms with Gasteiger partial charge in [0.15, 0.2) is 5.78 Å². The van der Waals surface area contributed by atoms with Gasteiger partial charge in [-0.2, -0.15) is 0 Å². The van der Waals surface area contributed by atoms with Crippen LogP contribution in [0, 0.1) is 0 Å². The first-order valence-corrected chi connectivity index (χ1v) is 7.84. The molecular weight excluding hydrogens is 318 g/mol. The zero-order valence-electron chi connectivity index (χ0n) is 12.5. The predicted molar refractivity (Wildman–Crippen MR) is 86.1 cm³/mol. The summed E-state index contributed by atoms with van der Waals surface area (Å²) in [6, 6.07) is 7.47. The van der Waals surface area contributed by atoms with Gasteiger partial charge in [0.1, 0.15) is 0 Å². The summed E-state index contributed by atoms with van der Waals surface area (Å²) in [6.07, 6.45) is 1.36. The third kappa shape index (κ3) is 6.64. The van der Waals surface area contributed by atoms with E-state index in [1.165, 1.54) is 0 Å². The van der Waals surface area contributed by atoms with E-state index >= 15 is 0 Å². The molecule has 3 nitrogen and oxygen atoms in total. The number of hydrogen-bond donors (Lipinski definition) is 1. The van der Waals surface area contributed by atoms with Crippen molar-refractivity contribution in [3.63, 3.8) is 0 Å². The molecule has 1 rings (SSSR count). The molecule has 20 heavy (non-hydrogen) atoms. The lowest BCUT2D eigenvalue weighted by molar-refractivity contribution is 0.0374. The van der Waals surface area contributed by atoms with Crippen molar-refractivity contribution in [2.45, 2.75) is 39.2 Å². The number of carbonyl (C=O) groups excluding carboxylic acids is 1. The Balaban J connectivity index is 2.39. The lowest BCUT2D eigenvalue weighted by Gasteiger charge is -2.27. The van der Waals surface area contributed by atoms with Gasteiger partial charge in [0.25, 0.3) is 0 Å². The molecule has 0 saturated heterocycles. The fourth-order valence-corrected chi connectivity index (χ4v) is 2.40. The number of aliphatic hydroxyl groups is 1. The van der Waals surface area contributed by atoms with Gasteiger partial charge < -0.3 is 10.0 Å². The minimum absolute atomic E-state index is 0.178. The molecule has 1 aromatic carbocycles. The molecule has 0 amide bonds. The molecule has 1 aromatic rings. The molecule has 0 atom stereocenters. The first kappa shape index (κ1) is 17.3. The van der Waals surface area contributed by atoms with E-state index in [1.807, 2.05) is 38.1 Å². The number of halogens is 1. The van der Waals surface area contributed by atoms with E-state index in [1.54, 1.807) is 0 Å². The molecular formula is C16H24BrNO2. The number of ketones is 1. The number of hydrogen-bond acceptors (Lipinski definition) is 3. The number of carbonyl (C=O) groups is 1. The molecule has 0 radical (unpaired) electrons. The van der Waals surface area contributed by atoms with Crippen LogP contribution in [0.1, 0.15) is 44.0 Å². The van der Waals surface area contributed by atoms with E-state index in [0.717, 1.165) is 29.5 Å². The minimum Gasteiger partial charge on any atom is -0.389 e. The van der Waals surface area contributed by atoms with Crippen molar-refractivity contribution < 1.29 is 9.90 Å². The van der Waals surface area contributed by atoms with Gasteiger partial charge in [-0.25, -0.2) is 0 Å². The zero-order valence-corrected chi connectivity index (χ0v) is 14.1. The van der Waals surface area contributed by atoms with Crippen molar-refractivity contribution in [3.05, 3.63) is 34.3 Å². The molecule has 0 unspecified atom stereocenters. The highest BCUT2D eigenvalue weighted by Crippen LogP contribution is 2.13. The second kappa shape index (κ2) is 7.91. The van der Waals surface area contributed by atoms with Crippen molar-refractivity contribution >= 4 is 21.7 Å². The summed E-state index contributed by atoms with van der Waals surface area (Å²) in [5.74, 6) is 0.178. The van der Waals surface area contributed by atoms with Crippen LogP contribution in [0.4, 0.5) is 0 Å². The molecule has 0 bridgehead atoms. The average molecular weight is 342 g/mol. The van der Waals surface area contributed by atoms with Gasteiger partial charge in [0.05, 0.1) is 5.60 Å². The SMILES string of the molecule is CCN(CCCC(=O)c1ccc(Br)cc1)CC(C)(C)O. The van der Waals surface area contributed by atoms with Crippen LogP contribution in [0.15, 0.2) is 28.7 Å². The number of benzene rings is 1. The van der Waals surface area contributed by atoms with Crippen LogP contribution >= 0.6 is 15.9 Å². The molecule has 4 heteroatoms. The van der Waals surface area contributed by atoms with E-state index in [2.05, 4.69) is 27.8 Å². The molecule has 0 heterocycles. The van der Waals surface area contributed by atoms with E-state index in [-0.39, 0.29) is 5.78 Å². The maximum atomic E-state index is 12.0. The minimum atomic E-state index is -0.689.